The summed E-state index contributed by atoms with van der Waals surface area (Å²) in [4.78, 5) is 51.4. The van der Waals surface area contributed by atoms with Crippen molar-refractivity contribution in [2.24, 2.45) is 17.1 Å². The Hall–Kier alpha value is -2.82. The highest BCUT2D eigenvalue weighted by molar-refractivity contribution is 7.14. The topological polar surface area (TPSA) is 109 Å². The summed E-state index contributed by atoms with van der Waals surface area (Å²) in [6.45, 7) is 12.7. The lowest BCUT2D eigenvalue weighted by atomic mass is 9.78. The number of nitrogens with zero attached hydrogens (tertiary/aromatic N) is 4. The van der Waals surface area contributed by atoms with E-state index in [2.05, 4.69) is 44.5 Å². The first-order valence-corrected chi connectivity index (χ1v) is 15.6. The van der Waals surface area contributed by atoms with Crippen LogP contribution in [0.1, 0.15) is 68.8 Å². The third-order valence-corrected chi connectivity index (χ3v) is 9.50. The minimum Gasteiger partial charge on any atom is -0.367 e. The van der Waals surface area contributed by atoms with Gasteiger partial charge in [-0.15, -0.1) is 11.3 Å². The van der Waals surface area contributed by atoms with Gasteiger partial charge >= 0.3 is 0 Å². The summed E-state index contributed by atoms with van der Waals surface area (Å²) in [6, 6.07) is 4.94. The number of primary amides is 1. The molecule has 0 saturated carbocycles. The van der Waals surface area contributed by atoms with Crippen molar-refractivity contribution in [3.63, 3.8) is 0 Å². The second-order valence-electron chi connectivity index (χ2n) is 13.0. The number of ketones is 1. The van der Waals surface area contributed by atoms with E-state index in [1.807, 2.05) is 17.5 Å². The van der Waals surface area contributed by atoms with Gasteiger partial charge in [0.1, 0.15) is 12.6 Å². The number of anilines is 1. The summed E-state index contributed by atoms with van der Waals surface area (Å²) < 4.78 is 5.89. The molecule has 10 heteroatoms. The number of likely N-dealkylation sites (tertiary alicyclic amines) is 1. The van der Waals surface area contributed by atoms with E-state index in [0.29, 0.717) is 24.1 Å². The Morgan fingerprint density at radius 2 is 1.93 bits per heavy atom. The summed E-state index contributed by atoms with van der Waals surface area (Å²) >= 11 is 1.61. The number of amides is 2. The number of likely N-dealkylation sites (N-methyl/N-ethyl adjacent to an activating group) is 1. The Morgan fingerprint density at radius 1 is 1.20 bits per heavy atom. The Kier molecular flexibility index (Phi) is 8.55. The number of carbonyl (C=O) groups excluding carboxylic acids is 3. The number of aromatic nitrogens is 1. The van der Waals surface area contributed by atoms with E-state index in [0.717, 1.165) is 55.4 Å². The summed E-state index contributed by atoms with van der Waals surface area (Å²) in [7, 11) is 2.13. The lowest BCUT2D eigenvalue weighted by Crippen LogP contribution is -2.45. The number of benzene rings is 1. The first-order chi connectivity index (χ1) is 19.5. The number of carbonyl (C=O) groups is 3. The van der Waals surface area contributed by atoms with Crippen molar-refractivity contribution in [2.45, 2.75) is 65.0 Å². The number of Topliss-reactive ketones (excluding diaryl/α,β-unsaturated/α-hetero) is 1. The number of nitrogens with two attached hydrogens (primary N) is 1. The van der Waals surface area contributed by atoms with Crippen LogP contribution < -0.4 is 10.6 Å². The summed E-state index contributed by atoms with van der Waals surface area (Å²) in [6.07, 6.45) is 2.09. The van der Waals surface area contributed by atoms with Crippen molar-refractivity contribution in [2.75, 3.05) is 51.3 Å². The number of fused-ring (bicyclic) bond motifs is 1. The quantitative estimate of drug-likeness (QED) is 0.505. The third kappa shape index (κ3) is 6.20. The first-order valence-electron chi connectivity index (χ1n) is 14.7. The van der Waals surface area contributed by atoms with Crippen molar-refractivity contribution < 1.29 is 19.1 Å². The lowest BCUT2D eigenvalue weighted by molar-refractivity contribution is -0.138. The highest BCUT2D eigenvalue weighted by atomic mass is 32.1. The smallest absolute Gasteiger partial charge is 0.249 e. The van der Waals surface area contributed by atoms with E-state index in [1.165, 1.54) is 0 Å². The maximum atomic E-state index is 14.5. The molecule has 0 aliphatic carbocycles. The zero-order valence-corrected chi connectivity index (χ0v) is 25.7. The summed E-state index contributed by atoms with van der Waals surface area (Å²) in [5.41, 5.74) is 8.25. The van der Waals surface area contributed by atoms with Crippen molar-refractivity contribution in [1.82, 2.24) is 14.8 Å². The second kappa shape index (κ2) is 11.8. The number of ether oxygens (including phenoxy) is 1. The molecule has 5 rings (SSSR count). The predicted octanol–water partition coefficient (Wildman–Crippen LogP) is 3.78. The molecule has 2 aromatic rings. The standard InChI is InChI=1S/C31H43N5O4S/c1-6-7-20-16-36(26-25(37)17-40-27(20)26)29(39)23(15-31(2,3)4)22-14-19(8-9-21(22)28(32)38)24-18-41-30(33-24)35-12-10-34(5)11-13-35/h8-9,14,18,20,23,26-27H,6-7,10-13,15-17H2,1-5H3,(H2,32,38)/t20-,23-,26+,27+/m0/s1. The Balaban J connectivity index is 1.51. The van der Waals surface area contributed by atoms with E-state index in [1.54, 1.807) is 22.3 Å². The second-order valence-corrected chi connectivity index (χ2v) is 13.9. The van der Waals surface area contributed by atoms with Crippen molar-refractivity contribution in [3.05, 3.63) is 34.7 Å². The highest BCUT2D eigenvalue weighted by Gasteiger charge is 2.53. The van der Waals surface area contributed by atoms with Gasteiger partial charge in [-0.25, -0.2) is 4.98 Å². The molecule has 1 aromatic carbocycles. The van der Waals surface area contributed by atoms with Crippen LogP contribution in [0.25, 0.3) is 11.3 Å². The van der Waals surface area contributed by atoms with Gasteiger partial charge in [0, 0.05) is 55.1 Å². The molecule has 0 bridgehead atoms. The van der Waals surface area contributed by atoms with Gasteiger partial charge in [0.15, 0.2) is 10.9 Å². The molecule has 0 unspecified atom stereocenters. The molecular weight excluding hydrogens is 538 g/mol. The molecule has 3 fully saturated rings. The normalized spacial score (nSPS) is 24.1. The Morgan fingerprint density at radius 3 is 2.59 bits per heavy atom. The predicted molar refractivity (Wildman–Crippen MR) is 161 cm³/mol. The largest absolute Gasteiger partial charge is 0.367 e. The number of rotatable bonds is 8. The van der Waals surface area contributed by atoms with Crippen LogP contribution in [0, 0.1) is 11.3 Å². The molecular formula is C31H43N5O4S. The monoisotopic (exact) mass is 581 g/mol. The van der Waals surface area contributed by atoms with Crippen LogP contribution in [0.5, 0.6) is 0 Å². The zero-order chi connectivity index (χ0) is 29.5. The maximum Gasteiger partial charge on any atom is 0.249 e. The first kappa shape index (κ1) is 29.7. The van der Waals surface area contributed by atoms with Gasteiger partial charge in [-0.1, -0.05) is 40.2 Å². The summed E-state index contributed by atoms with van der Waals surface area (Å²) in [5.74, 6) is -1.26. The number of thiazole rings is 1. The third-order valence-electron chi connectivity index (χ3n) is 8.60. The molecule has 2 N–H and O–H groups in total. The molecule has 1 aromatic heterocycles. The van der Waals surface area contributed by atoms with E-state index in [4.69, 9.17) is 15.5 Å². The molecule has 0 spiro atoms. The summed E-state index contributed by atoms with van der Waals surface area (Å²) in [5, 5.41) is 3.01. The molecule has 222 valence electrons. The van der Waals surface area contributed by atoms with Gasteiger partial charge in [0.05, 0.1) is 17.7 Å². The molecule has 4 heterocycles. The highest BCUT2D eigenvalue weighted by Crippen LogP contribution is 2.41. The average molecular weight is 582 g/mol. The van der Waals surface area contributed by atoms with Crippen molar-refractivity contribution in [1.29, 1.82) is 0 Å². The Bertz CT molecular complexity index is 1300. The van der Waals surface area contributed by atoms with Gasteiger partial charge in [0.25, 0.3) is 0 Å². The van der Waals surface area contributed by atoms with E-state index < -0.39 is 17.9 Å². The number of hydrogen-bond acceptors (Lipinski definition) is 8. The molecule has 3 aliphatic heterocycles. The molecule has 3 saturated heterocycles. The fourth-order valence-electron chi connectivity index (χ4n) is 6.52. The Labute approximate surface area is 247 Å². The SMILES string of the molecule is CCC[C@H]1CN(C(=O)[C@@H](CC(C)(C)C)c2cc(-c3csc(N4CCN(C)CC4)n3)ccc2C(N)=O)[C@@H]2C(=O)CO[C@H]12. The van der Waals surface area contributed by atoms with E-state index in [-0.39, 0.29) is 35.7 Å². The fraction of sp³-hybridized carbons (Fsp3) is 0.613. The lowest BCUT2D eigenvalue weighted by Gasteiger charge is -2.32. The molecule has 9 nitrogen and oxygen atoms in total. The van der Waals surface area contributed by atoms with Gasteiger partial charge in [-0.05, 0) is 43.0 Å². The van der Waals surface area contributed by atoms with Crippen LogP contribution >= 0.6 is 11.3 Å². The van der Waals surface area contributed by atoms with Crippen molar-refractivity contribution in [3.8, 4) is 11.3 Å². The van der Waals surface area contributed by atoms with Gasteiger partial charge in [0.2, 0.25) is 11.8 Å². The number of hydrogen-bond donors (Lipinski definition) is 1. The molecule has 0 radical (unpaired) electrons. The van der Waals surface area contributed by atoms with Crippen LogP contribution in [0.2, 0.25) is 0 Å². The van der Waals surface area contributed by atoms with Crippen LogP contribution in [-0.2, 0) is 14.3 Å². The van der Waals surface area contributed by atoms with Crippen LogP contribution in [0.4, 0.5) is 5.13 Å². The van der Waals surface area contributed by atoms with E-state index >= 15 is 0 Å². The van der Waals surface area contributed by atoms with Crippen molar-refractivity contribution >= 4 is 34.1 Å². The van der Waals surface area contributed by atoms with Crippen LogP contribution in [0.15, 0.2) is 23.6 Å². The van der Waals surface area contributed by atoms with Crippen LogP contribution in [-0.4, -0.2) is 90.9 Å². The van der Waals surface area contributed by atoms with E-state index in [9.17, 15) is 14.4 Å². The minimum absolute atomic E-state index is 0.0424. The average Bonchev–Trinajstić information content (AvgIpc) is 3.65. The molecule has 3 aliphatic rings. The fourth-order valence-corrected chi connectivity index (χ4v) is 7.41. The zero-order valence-electron chi connectivity index (χ0n) is 24.9. The minimum atomic E-state index is -0.636. The molecule has 41 heavy (non-hydrogen) atoms. The van der Waals surface area contributed by atoms with Gasteiger partial charge in [-0.2, -0.15) is 0 Å². The van der Waals surface area contributed by atoms with Gasteiger partial charge < -0.3 is 25.2 Å². The maximum absolute atomic E-state index is 14.5. The number of piperazine rings is 1. The van der Waals surface area contributed by atoms with Crippen LogP contribution in [0.3, 0.4) is 0 Å². The molecule has 2 amide bonds. The van der Waals surface area contributed by atoms with Gasteiger partial charge in [-0.3, -0.25) is 14.4 Å². The molecule has 4 atom stereocenters.